The van der Waals surface area contributed by atoms with Crippen LogP contribution in [0.4, 0.5) is 5.69 Å². The summed E-state index contributed by atoms with van der Waals surface area (Å²) in [5, 5.41) is 9.84. The monoisotopic (exact) mass is 277 g/mol. The van der Waals surface area contributed by atoms with Crippen molar-refractivity contribution in [2.75, 3.05) is 18.8 Å². The quantitative estimate of drug-likeness (QED) is 0.558. The number of piperidine rings is 1. The standard InChI is InChI=1S/C14H19N3O3/c15-11-3-1-2-10(13(11)19)14(20)17-6-4-9(5-7-17)8-12(16)18/h1-3,9,19H,4-8,15H2,(H2,16,18). The minimum absolute atomic E-state index is 0.170. The molecule has 0 bridgehead atoms. The number of hydrogen-bond donors (Lipinski definition) is 3. The van der Waals surface area contributed by atoms with Crippen LogP contribution in [0.15, 0.2) is 18.2 Å². The number of carbonyl (C=O) groups excluding carboxylic acids is 2. The first-order valence-corrected chi connectivity index (χ1v) is 6.64. The molecular formula is C14H19N3O3. The van der Waals surface area contributed by atoms with Crippen LogP contribution in [-0.4, -0.2) is 34.9 Å². The smallest absolute Gasteiger partial charge is 0.257 e. The van der Waals surface area contributed by atoms with Gasteiger partial charge in [-0.3, -0.25) is 9.59 Å². The number of primary amides is 1. The Bertz CT molecular complexity index is 522. The maximum absolute atomic E-state index is 12.3. The molecule has 1 heterocycles. The first-order chi connectivity index (χ1) is 9.49. The maximum Gasteiger partial charge on any atom is 0.257 e. The van der Waals surface area contributed by atoms with E-state index in [2.05, 4.69) is 0 Å². The van der Waals surface area contributed by atoms with Gasteiger partial charge in [0.2, 0.25) is 5.91 Å². The molecule has 0 saturated carbocycles. The van der Waals surface area contributed by atoms with Crippen LogP contribution in [0.3, 0.4) is 0 Å². The minimum Gasteiger partial charge on any atom is -0.505 e. The van der Waals surface area contributed by atoms with Gasteiger partial charge in [-0.15, -0.1) is 0 Å². The van der Waals surface area contributed by atoms with Gasteiger partial charge in [-0.1, -0.05) is 6.07 Å². The lowest BCUT2D eigenvalue weighted by Crippen LogP contribution is -2.39. The number of phenols is 1. The molecule has 1 aliphatic heterocycles. The molecule has 6 nitrogen and oxygen atoms in total. The van der Waals surface area contributed by atoms with E-state index in [-0.39, 0.29) is 34.7 Å². The number of amides is 2. The summed E-state index contributed by atoms with van der Waals surface area (Å²) in [5.74, 6) is -0.460. The lowest BCUT2D eigenvalue weighted by molar-refractivity contribution is -0.119. The van der Waals surface area contributed by atoms with Crippen molar-refractivity contribution in [2.24, 2.45) is 11.7 Å². The van der Waals surface area contributed by atoms with Crippen molar-refractivity contribution in [3.05, 3.63) is 23.8 Å². The van der Waals surface area contributed by atoms with Crippen LogP contribution in [0, 0.1) is 5.92 Å². The Morgan fingerprint density at radius 1 is 1.30 bits per heavy atom. The van der Waals surface area contributed by atoms with Crippen LogP contribution in [0.1, 0.15) is 29.6 Å². The summed E-state index contributed by atoms with van der Waals surface area (Å²) in [5.41, 5.74) is 11.2. The Hall–Kier alpha value is -2.24. The van der Waals surface area contributed by atoms with Gasteiger partial charge in [0.15, 0.2) is 5.75 Å². The second-order valence-electron chi connectivity index (χ2n) is 5.15. The molecule has 0 radical (unpaired) electrons. The maximum atomic E-state index is 12.3. The van der Waals surface area contributed by atoms with Gasteiger partial charge in [0.1, 0.15) is 0 Å². The molecule has 1 fully saturated rings. The number of likely N-dealkylation sites (tertiary alicyclic amines) is 1. The Labute approximate surface area is 117 Å². The number of para-hydroxylation sites is 1. The Morgan fingerprint density at radius 2 is 1.95 bits per heavy atom. The van der Waals surface area contributed by atoms with Gasteiger partial charge in [0.25, 0.3) is 5.91 Å². The van der Waals surface area contributed by atoms with Crippen LogP contribution < -0.4 is 11.5 Å². The first-order valence-electron chi connectivity index (χ1n) is 6.64. The Balaban J connectivity index is 2.02. The number of nitrogens with zero attached hydrogens (tertiary/aromatic N) is 1. The molecule has 20 heavy (non-hydrogen) atoms. The number of rotatable bonds is 3. The third kappa shape index (κ3) is 3.01. The molecule has 2 rings (SSSR count). The molecule has 6 heteroatoms. The van der Waals surface area contributed by atoms with E-state index >= 15 is 0 Å². The van der Waals surface area contributed by atoms with Crippen molar-refractivity contribution in [2.45, 2.75) is 19.3 Å². The number of carbonyl (C=O) groups is 2. The zero-order valence-electron chi connectivity index (χ0n) is 11.2. The normalized spacial score (nSPS) is 16.1. The van der Waals surface area contributed by atoms with E-state index in [9.17, 15) is 14.7 Å². The highest BCUT2D eigenvalue weighted by molar-refractivity contribution is 5.98. The van der Waals surface area contributed by atoms with Crippen molar-refractivity contribution in [3.8, 4) is 5.75 Å². The van der Waals surface area contributed by atoms with Crippen molar-refractivity contribution >= 4 is 17.5 Å². The third-order valence-corrected chi connectivity index (χ3v) is 3.69. The molecule has 2 amide bonds. The predicted molar refractivity (Wildman–Crippen MR) is 75.0 cm³/mol. The van der Waals surface area contributed by atoms with E-state index < -0.39 is 0 Å². The lowest BCUT2D eigenvalue weighted by Gasteiger charge is -2.31. The number of aromatic hydroxyl groups is 1. The fourth-order valence-electron chi connectivity index (χ4n) is 2.53. The number of anilines is 1. The first kappa shape index (κ1) is 14.2. The highest BCUT2D eigenvalue weighted by atomic mass is 16.3. The molecule has 0 unspecified atom stereocenters. The second kappa shape index (κ2) is 5.81. The van der Waals surface area contributed by atoms with Crippen LogP contribution in [0.2, 0.25) is 0 Å². The van der Waals surface area contributed by atoms with Crippen LogP contribution in [0.25, 0.3) is 0 Å². The summed E-state index contributed by atoms with van der Waals surface area (Å²) in [6.07, 6.45) is 1.86. The number of hydrogen-bond acceptors (Lipinski definition) is 4. The molecule has 0 spiro atoms. The highest BCUT2D eigenvalue weighted by Crippen LogP contribution is 2.28. The zero-order valence-corrected chi connectivity index (χ0v) is 11.2. The van der Waals surface area contributed by atoms with Crippen molar-refractivity contribution in [3.63, 3.8) is 0 Å². The average molecular weight is 277 g/mol. The minimum atomic E-state index is -0.303. The van der Waals surface area contributed by atoms with Gasteiger partial charge in [-0.25, -0.2) is 0 Å². The summed E-state index contributed by atoms with van der Waals surface area (Å²) in [6.45, 7) is 1.12. The van der Waals surface area contributed by atoms with Crippen molar-refractivity contribution in [1.29, 1.82) is 0 Å². The van der Waals surface area contributed by atoms with E-state index in [4.69, 9.17) is 11.5 Å². The fourth-order valence-corrected chi connectivity index (χ4v) is 2.53. The fraction of sp³-hybridized carbons (Fsp3) is 0.429. The molecule has 0 aliphatic carbocycles. The summed E-state index contributed by atoms with van der Waals surface area (Å²) >= 11 is 0. The van der Waals surface area contributed by atoms with Gasteiger partial charge >= 0.3 is 0 Å². The summed E-state index contributed by atoms with van der Waals surface area (Å²) < 4.78 is 0. The van der Waals surface area contributed by atoms with Gasteiger partial charge in [-0.2, -0.15) is 0 Å². The van der Waals surface area contributed by atoms with Crippen molar-refractivity contribution < 1.29 is 14.7 Å². The molecular weight excluding hydrogens is 258 g/mol. The van der Waals surface area contributed by atoms with Gasteiger partial charge in [0, 0.05) is 19.5 Å². The van der Waals surface area contributed by atoms with Crippen LogP contribution in [0.5, 0.6) is 5.75 Å². The van der Waals surface area contributed by atoms with Crippen LogP contribution in [-0.2, 0) is 4.79 Å². The molecule has 0 atom stereocenters. The van der Waals surface area contributed by atoms with Crippen molar-refractivity contribution in [1.82, 2.24) is 4.90 Å². The van der Waals surface area contributed by atoms with Crippen LogP contribution >= 0.6 is 0 Å². The third-order valence-electron chi connectivity index (χ3n) is 3.69. The summed E-state index contributed by atoms with van der Waals surface area (Å²) in [4.78, 5) is 24.9. The average Bonchev–Trinajstić information content (AvgIpc) is 2.41. The molecule has 108 valence electrons. The summed E-state index contributed by atoms with van der Waals surface area (Å²) in [7, 11) is 0. The van der Waals surface area contributed by atoms with E-state index in [1.165, 1.54) is 0 Å². The molecule has 1 saturated heterocycles. The van der Waals surface area contributed by atoms with E-state index in [1.54, 1.807) is 23.1 Å². The molecule has 1 aromatic carbocycles. The highest BCUT2D eigenvalue weighted by Gasteiger charge is 2.26. The molecule has 5 N–H and O–H groups in total. The van der Waals surface area contributed by atoms with Gasteiger partial charge in [-0.05, 0) is 30.9 Å². The largest absolute Gasteiger partial charge is 0.505 e. The molecule has 1 aromatic rings. The number of nitrogens with two attached hydrogens (primary N) is 2. The second-order valence-corrected chi connectivity index (χ2v) is 5.15. The Morgan fingerprint density at radius 3 is 2.55 bits per heavy atom. The van der Waals surface area contributed by atoms with E-state index in [0.29, 0.717) is 19.5 Å². The lowest BCUT2D eigenvalue weighted by atomic mass is 9.93. The number of benzene rings is 1. The van der Waals surface area contributed by atoms with Gasteiger partial charge < -0.3 is 21.5 Å². The number of phenolic OH excluding ortho intramolecular Hbond substituents is 1. The van der Waals surface area contributed by atoms with Gasteiger partial charge in [0.05, 0.1) is 11.3 Å². The Kier molecular flexibility index (Phi) is 4.12. The summed E-state index contributed by atoms with van der Waals surface area (Å²) in [6, 6.07) is 4.75. The zero-order chi connectivity index (χ0) is 14.7. The molecule has 0 aromatic heterocycles. The molecule has 1 aliphatic rings. The number of nitrogen functional groups attached to an aromatic ring is 1. The van der Waals surface area contributed by atoms with E-state index in [1.807, 2.05) is 0 Å². The SMILES string of the molecule is NC(=O)CC1CCN(C(=O)c2cccc(N)c2O)CC1. The topological polar surface area (TPSA) is 110 Å². The predicted octanol–water partition coefficient (Wildman–Crippen LogP) is 0.702. The van der Waals surface area contributed by atoms with E-state index in [0.717, 1.165) is 12.8 Å².